The molecule has 1 aromatic rings. The number of aryl methyl sites for hydroxylation is 1. The molecule has 1 aliphatic rings. The largest absolute Gasteiger partial charge is 0.378 e. The van der Waals surface area contributed by atoms with Gasteiger partial charge in [-0.3, -0.25) is 9.78 Å². The van der Waals surface area contributed by atoms with Crippen molar-refractivity contribution >= 4 is 5.91 Å². The van der Waals surface area contributed by atoms with Gasteiger partial charge in [0.05, 0.1) is 25.5 Å². The number of hydrogen-bond acceptors (Lipinski definition) is 4. The summed E-state index contributed by atoms with van der Waals surface area (Å²) in [5.74, 6) is 0.0290. The predicted molar refractivity (Wildman–Crippen MR) is 68.0 cm³/mol. The Kier molecular flexibility index (Phi) is 4.66. The number of ether oxygens (including phenoxy) is 1. The zero-order valence-corrected chi connectivity index (χ0v) is 10.6. The summed E-state index contributed by atoms with van der Waals surface area (Å²) in [5.41, 5.74) is 1.85. The SMILES string of the molecule is Cc1cccc(CNC(=O)CC2COCCN2)n1. The minimum atomic E-state index is 0.0290. The second-order valence-corrected chi connectivity index (χ2v) is 4.48. The average Bonchev–Trinajstić information content (AvgIpc) is 2.38. The predicted octanol–water partition coefficient (Wildman–Crippen LogP) is 0.385. The molecule has 0 spiro atoms. The second kappa shape index (κ2) is 6.47. The topological polar surface area (TPSA) is 63.2 Å². The lowest BCUT2D eigenvalue weighted by Crippen LogP contribution is -2.44. The highest BCUT2D eigenvalue weighted by molar-refractivity contribution is 5.76. The highest BCUT2D eigenvalue weighted by Gasteiger charge is 2.16. The molecule has 0 radical (unpaired) electrons. The van der Waals surface area contributed by atoms with Gasteiger partial charge in [0.2, 0.25) is 5.91 Å². The Hall–Kier alpha value is -1.46. The maximum Gasteiger partial charge on any atom is 0.221 e. The van der Waals surface area contributed by atoms with Gasteiger partial charge in [0.15, 0.2) is 0 Å². The van der Waals surface area contributed by atoms with Crippen molar-refractivity contribution < 1.29 is 9.53 Å². The van der Waals surface area contributed by atoms with E-state index in [1.807, 2.05) is 25.1 Å². The van der Waals surface area contributed by atoms with E-state index in [1.165, 1.54) is 0 Å². The molecule has 0 saturated carbocycles. The number of morpholine rings is 1. The monoisotopic (exact) mass is 249 g/mol. The van der Waals surface area contributed by atoms with E-state index < -0.39 is 0 Å². The van der Waals surface area contributed by atoms with E-state index in [4.69, 9.17) is 4.74 Å². The maximum atomic E-state index is 11.7. The number of aromatic nitrogens is 1. The summed E-state index contributed by atoms with van der Waals surface area (Å²) < 4.78 is 5.31. The Bertz CT molecular complexity index is 403. The summed E-state index contributed by atoms with van der Waals surface area (Å²) >= 11 is 0. The number of hydrogen-bond donors (Lipinski definition) is 2. The zero-order chi connectivity index (χ0) is 12.8. The van der Waals surface area contributed by atoms with Crippen LogP contribution in [-0.4, -0.2) is 36.7 Å². The number of amides is 1. The van der Waals surface area contributed by atoms with Crippen LogP contribution in [0.3, 0.4) is 0 Å². The summed E-state index contributed by atoms with van der Waals surface area (Å²) in [5, 5.41) is 6.13. The minimum Gasteiger partial charge on any atom is -0.378 e. The zero-order valence-electron chi connectivity index (χ0n) is 10.6. The first-order chi connectivity index (χ1) is 8.74. The molecule has 1 atom stereocenters. The Labute approximate surface area is 107 Å². The van der Waals surface area contributed by atoms with Crippen molar-refractivity contribution in [1.29, 1.82) is 0 Å². The number of pyridine rings is 1. The molecule has 1 amide bonds. The molecule has 2 heterocycles. The van der Waals surface area contributed by atoms with Gasteiger partial charge in [0, 0.05) is 24.7 Å². The third-order valence-corrected chi connectivity index (χ3v) is 2.84. The Morgan fingerprint density at radius 2 is 2.50 bits per heavy atom. The summed E-state index contributed by atoms with van der Waals surface area (Å²) in [6.45, 7) is 4.57. The summed E-state index contributed by atoms with van der Waals surface area (Å²) in [4.78, 5) is 16.1. The molecular formula is C13H19N3O2. The summed E-state index contributed by atoms with van der Waals surface area (Å²) in [6.07, 6.45) is 0.450. The van der Waals surface area contributed by atoms with Crippen LogP contribution in [0, 0.1) is 6.92 Å². The van der Waals surface area contributed by atoms with Gasteiger partial charge in [0.1, 0.15) is 0 Å². The van der Waals surface area contributed by atoms with Crippen molar-refractivity contribution in [2.45, 2.75) is 25.9 Å². The van der Waals surface area contributed by atoms with Crippen molar-refractivity contribution in [3.8, 4) is 0 Å². The van der Waals surface area contributed by atoms with Gasteiger partial charge >= 0.3 is 0 Å². The molecule has 1 unspecified atom stereocenters. The van der Waals surface area contributed by atoms with E-state index >= 15 is 0 Å². The van der Waals surface area contributed by atoms with E-state index in [1.54, 1.807) is 0 Å². The lowest BCUT2D eigenvalue weighted by molar-refractivity contribution is -0.122. The van der Waals surface area contributed by atoms with Gasteiger partial charge in [-0.25, -0.2) is 0 Å². The van der Waals surface area contributed by atoms with E-state index in [0.717, 1.165) is 24.5 Å². The van der Waals surface area contributed by atoms with Gasteiger partial charge in [-0.1, -0.05) is 6.07 Å². The maximum absolute atomic E-state index is 11.7. The smallest absolute Gasteiger partial charge is 0.221 e. The third-order valence-electron chi connectivity index (χ3n) is 2.84. The van der Waals surface area contributed by atoms with Gasteiger partial charge in [-0.2, -0.15) is 0 Å². The highest BCUT2D eigenvalue weighted by Crippen LogP contribution is 2.00. The van der Waals surface area contributed by atoms with Crippen LogP contribution in [0.1, 0.15) is 17.8 Å². The van der Waals surface area contributed by atoms with Crippen LogP contribution in [0.5, 0.6) is 0 Å². The normalized spacial score (nSPS) is 19.5. The summed E-state index contributed by atoms with van der Waals surface area (Å²) in [6, 6.07) is 5.92. The van der Waals surface area contributed by atoms with Crippen molar-refractivity contribution in [3.05, 3.63) is 29.6 Å². The number of carbonyl (C=O) groups excluding carboxylic acids is 1. The van der Waals surface area contributed by atoms with Crippen LogP contribution in [0.4, 0.5) is 0 Å². The Balaban J connectivity index is 1.74. The fourth-order valence-corrected chi connectivity index (χ4v) is 1.93. The number of rotatable bonds is 4. The first kappa shape index (κ1) is 13.0. The van der Waals surface area contributed by atoms with Crippen molar-refractivity contribution in [2.75, 3.05) is 19.8 Å². The lowest BCUT2D eigenvalue weighted by Gasteiger charge is -2.23. The lowest BCUT2D eigenvalue weighted by atomic mass is 10.2. The molecule has 1 aromatic heterocycles. The molecule has 1 aliphatic heterocycles. The van der Waals surface area contributed by atoms with Crippen LogP contribution >= 0.6 is 0 Å². The Morgan fingerprint density at radius 3 is 3.22 bits per heavy atom. The van der Waals surface area contributed by atoms with Crippen molar-refractivity contribution in [2.24, 2.45) is 0 Å². The van der Waals surface area contributed by atoms with Crippen molar-refractivity contribution in [1.82, 2.24) is 15.6 Å². The van der Waals surface area contributed by atoms with Gasteiger partial charge in [0.25, 0.3) is 0 Å². The molecule has 2 rings (SSSR count). The number of carbonyl (C=O) groups is 1. The number of nitrogens with one attached hydrogen (secondary N) is 2. The van der Waals surface area contributed by atoms with Crippen LogP contribution in [0.15, 0.2) is 18.2 Å². The van der Waals surface area contributed by atoms with Crippen LogP contribution in [-0.2, 0) is 16.1 Å². The molecular weight excluding hydrogens is 230 g/mol. The fourth-order valence-electron chi connectivity index (χ4n) is 1.93. The summed E-state index contributed by atoms with van der Waals surface area (Å²) in [7, 11) is 0. The van der Waals surface area contributed by atoms with E-state index in [2.05, 4.69) is 15.6 Å². The molecule has 0 bridgehead atoms. The standard InChI is InChI=1S/C13H19N3O2/c1-10-3-2-4-11(16-10)8-15-13(17)7-12-9-18-6-5-14-12/h2-4,12,14H,5-9H2,1H3,(H,15,17). The van der Waals surface area contributed by atoms with E-state index in [9.17, 15) is 4.79 Å². The quantitative estimate of drug-likeness (QED) is 0.810. The molecule has 0 aliphatic carbocycles. The Morgan fingerprint density at radius 1 is 1.61 bits per heavy atom. The molecule has 1 fully saturated rings. The molecule has 0 aromatic carbocycles. The average molecular weight is 249 g/mol. The third kappa shape index (κ3) is 4.09. The molecule has 1 saturated heterocycles. The molecule has 2 N–H and O–H groups in total. The van der Waals surface area contributed by atoms with Gasteiger partial charge < -0.3 is 15.4 Å². The minimum absolute atomic E-state index is 0.0290. The van der Waals surface area contributed by atoms with Gasteiger partial charge in [-0.15, -0.1) is 0 Å². The highest BCUT2D eigenvalue weighted by atomic mass is 16.5. The molecule has 5 nitrogen and oxygen atoms in total. The van der Waals surface area contributed by atoms with Crippen LogP contribution in [0.25, 0.3) is 0 Å². The van der Waals surface area contributed by atoms with Gasteiger partial charge in [-0.05, 0) is 19.1 Å². The van der Waals surface area contributed by atoms with Crippen LogP contribution in [0.2, 0.25) is 0 Å². The number of nitrogens with zero attached hydrogens (tertiary/aromatic N) is 1. The fraction of sp³-hybridized carbons (Fsp3) is 0.538. The molecule has 18 heavy (non-hydrogen) atoms. The first-order valence-electron chi connectivity index (χ1n) is 6.24. The van der Waals surface area contributed by atoms with Crippen molar-refractivity contribution in [3.63, 3.8) is 0 Å². The molecule has 98 valence electrons. The second-order valence-electron chi connectivity index (χ2n) is 4.48. The van der Waals surface area contributed by atoms with E-state index in [0.29, 0.717) is 19.6 Å². The van der Waals surface area contributed by atoms with E-state index in [-0.39, 0.29) is 11.9 Å². The first-order valence-corrected chi connectivity index (χ1v) is 6.24. The molecule has 5 heteroatoms. The van der Waals surface area contributed by atoms with Crippen LogP contribution < -0.4 is 10.6 Å².